The van der Waals surface area contributed by atoms with E-state index in [0.29, 0.717) is 4.90 Å². The van der Waals surface area contributed by atoms with E-state index in [0.717, 1.165) is 22.6 Å². The monoisotopic (exact) mass is 455 g/mol. The third-order valence-corrected chi connectivity index (χ3v) is 5.69. The SMILES string of the molecule is Cc1ccccc1S(=O)(=O)NCc1ccc(-n2ccnc2C)cc1.O=C(O)C(F)(F)F. The first-order valence-corrected chi connectivity index (χ1v) is 10.3. The predicted molar refractivity (Wildman–Crippen MR) is 107 cm³/mol. The molecule has 31 heavy (non-hydrogen) atoms. The quantitative estimate of drug-likeness (QED) is 0.612. The van der Waals surface area contributed by atoms with Crippen LogP contribution in [0.25, 0.3) is 5.69 Å². The van der Waals surface area contributed by atoms with Gasteiger partial charge in [-0.1, -0.05) is 30.3 Å². The van der Waals surface area contributed by atoms with Gasteiger partial charge in [-0.3, -0.25) is 0 Å². The Bertz CT molecular complexity index is 1140. The van der Waals surface area contributed by atoms with E-state index >= 15 is 0 Å². The summed E-state index contributed by atoms with van der Waals surface area (Å²) in [5, 5.41) is 7.12. The van der Waals surface area contributed by atoms with Crippen LogP contribution in [0.3, 0.4) is 0 Å². The van der Waals surface area contributed by atoms with E-state index in [2.05, 4.69) is 9.71 Å². The molecule has 0 aliphatic heterocycles. The summed E-state index contributed by atoms with van der Waals surface area (Å²) in [4.78, 5) is 13.4. The average Bonchev–Trinajstić information content (AvgIpc) is 3.13. The molecule has 11 heteroatoms. The minimum absolute atomic E-state index is 0.250. The number of imidazole rings is 1. The maximum absolute atomic E-state index is 12.4. The van der Waals surface area contributed by atoms with Crippen molar-refractivity contribution < 1.29 is 31.5 Å². The van der Waals surface area contributed by atoms with Crippen molar-refractivity contribution >= 4 is 16.0 Å². The molecule has 1 aromatic heterocycles. The number of carbonyl (C=O) groups is 1. The lowest BCUT2D eigenvalue weighted by atomic mass is 10.2. The minimum atomic E-state index is -5.08. The molecule has 3 rings (SSSR count). The fourth-order valence-corrected chi connectivity index (χ4v) is 3.80. The number of rotatable bonds is 5. The van der Waals surface area contributed by atoms with Crippen LogP contribution in [0.2, 0.25) is 0 Å². The van der Waals surface area contributed by atoms with Gasteiger partial charge in [0.25, 0.3) is 0 Å². The summed E-state index contributed by atoms with van der Waals surface area (Å²) >= 11 is 0. The van der Waals surface area contributed by atoms with Crippen LogP contribution >= 0.6 is 0 Å². The number of benzene rings is 2. The van der Waals surface area contributed by atoms with Crippen LogP contribution in [-0.2, 0) is 21.4 Å². The molecule has 0 aliphatic rings. The van der Waals surface area contributed by atoms with Crippen LogP contribution in [0.5, 0.6) is 0 Å². The second-order valence-corrected chi connectivity index (χ2v) is 8.14. The van der Waals surface area contributed by atoms with E-state index in [-0.39, 0.29) is 6.54 Å². The number of aliphatic carboxylic acids is 1. The number of nitrogens with one attached hydrogen (secondary N) is 1. The van der Waals surface area contributed by atoms with Gasteiger partial charge in [0.05, 0.1) is 4.90 Å². The Morgan fingerprint density at radius 3 is 2.16 bits per heavy atom. The highest BCUT2D eigenvalue weighted by atomic mass is 32.2. The fourth-order valence-electron chi connectivity index (χ4n) is 2.54. The first kappa shape index (κ1) is 24.1. The first-order chi connectivity index (χ1) is 14.4. The van der Waals surface area contributed by atoms with Crippen molar-refractivity contribution in [2.45, 2.75) is 31.5 Å². The van der Waals surface area contributed by atoms with Crippen LogP contribution in [0, 0.1) is 13.8 Å². The zero-order valence-corrected chi connectivity index (χ0v) is 17.4. The van der Waals surface area contributed by atoms with E-state index in [9.17, 15) is 21.6 Å². The highest BCUT2D eigenvalue weighted by molar-refractivity contribution is 7.89. The predicted octanol–water partition coefficient (Wildman–Crippen LogP) is 3.60. The third kappa shape index (κ3) is 6.66. The molecule has 0 fully saturated rings. The zero-order valence-electron chi connectivity index (χ0n) is 16.6. The van der Waals surface area contributed by atoms with Gasteiger partial charge in [0, 0.05) is 24.6 Å². The van der Waals surface area contributed by atoms with E-state index in [1.165, 1.54) is 0 Å². The van der Waals surface area contributed by atoms with Crippen LogP contribution in [0.15, 0.2) is 65.8 Å². The number of sulfonamides is 1. The molecule has 0 radical (unpaired) electrons. The Kier molecular flexibility index (Phi) is 7.58. The lowest BCUT2D eigenvalue weighted by Crippen LogP contribution is -2.23. The summed E-state index contributed by atoms with van der Waals surface area (Å²) in [6.07, 6.45) is -1.44. The molecule has 166 valence electrons. The number of halogens is 3. The highest BCUT2D eigenvalue weighted by Crippen LogP contribution is 2.16. The number of carboxylic acids is 1. The van der Waals surface area contributed by atoms with Gasteiger partial charge < -0.3 is 9.67 Å². The molecule has 0 bridgehead atoms. The maximum Gasteiger partial charge on any atom is 0.490 e. The van der Waals surface area contributed by atoms with Gasteiger partial charge >= 0.3 is 12.1 Å². The normalized spacial score (nSPS) is 11.5. The number of hydrogen-bond acceptors (Lipinski definition) is 4. The van der Waals surface area contributed by atoms with Gasteiger partial charge in [0.1, 0.15) is 5.82 Å². The van der Waals surface area contributed by atoms with Crippen LogP contribution in [0.1, 0.15) is 17.0 Å². The number of aromatic nitrogens is 2. The molecule has 0 spiro atoms. The van der Waals surface area contributed by atoms with Crippen molar-refractivity contribution in [2.24, 2.45) is 0 Å². The average molecular weight is 455 g/mol. The summed E-state index contributed by atoms with van der Waals surface area (Å²) < 4.78 is 61.2. The fraction of sp³-hybridized carbons (Fsp3) is 0.200. The first-order valence-electron chi connectivity index (χ1n) is 8.86. The lowest BCUT2D eigenvalue weighted by Gasteiger charge is -2.10. The van der Waals surface area contributed by atoms with Gasteiger partial charge in [0.15, 0.2) is 0 Å². The molecule has 0 saturated carbocycles. The molecule has 0 unspecified atom stereocenters. The zero-order chi connectivity index (χ0) is 23.2. The third-order valence-electron chi connectivity index (χ3n) is 4.13. The molecule has 0 aliphatic carbocycles. The topological polar surface area (TPSA) is 101 Å². The summed E-state index contributed by atoms with van der Waals surface area (Å²) in [6.45, 7) is 3.97. The Morgan fingerprint density at radius 2 is 1.68 bits per heavy atom. The number of aryl methyl sites for hydroxylation is 2. The van der Waals surface area contributed by atoms with Crippen molar-refractivity contribution in [3.8, 4) is 5.69 Å². The molecule has 0 atom stereocenters. The summed E-state index contributed by atoms with van der Waals surface area (Å²) in [5.74, 6) is -1.85. The second kappa shape index (κ2) is 9.75. The van der Waals surface area contributed by atoms with Crippen LogP contribution in [0.4, 0.5) is 13.2 Å². The molecular weight excluding hydrogens is 435 g/mol. The highest BCUT2D eigenvalue weighted by Gasteiger charge is 2.38. The van der Waals surface area contributed by atoms with E-state index in [4.69, 9.17) is 9.90 Å². The summed E-state index contributed by atoms with van der Waals surface area (Å²) in [7, 11) is -3.51. The summed E-state index contributed by atoms with van der Waals surface area (Å²) in [6, 6.07) is 14.7. The molecule has 0 saturated heterocycles. The number of alkyl halides is 3. The van der Waals surface area contributed by atoms with Gasteiger partial charge in [-0.25, -0.2) is 22.9 Å². The van der Waals surface area contributed by atoms with E-state index in [1.54, 1.807) is 31.3 Å². The van der Waals surface area contributed by atoms with E-state index in [1.807, 2.05) is 48.0 Å². The molecule has 0 amide bonds. The summed E-state index contributed by atoms with van der Waals surface area (Å²) in [5.41, 5.74) is 2.63. The van der Waals surface area contributed by atoms with Crippen molar-refractivity contribution in [3.05, 3.63) is 77.9 Å². The van der Waals surface area contributed by atoms with Gasteiger partial charge in [-0.05, 0) is 43.2 Å². The van der Waals surface area contributed by atoms with Gasteiger partial charge in [-0.2, -0.15) is 13.2 Å². The molecule has 7 nitrogen and oxygen atoms in total. The van der Waals surface area contributed by atoms with Crippen molar-refractivity contribution in [1.29, 1.82) is 0 Å². The largest absolute Gasteiger partial charge is 0.490 e. The molecule has 2 N–H and O–H groups in total. The Morgan fingerprint density at radius 1 is 1.10 bits per heavy atom. The standard InChI is InChI=1S/C18H19N3O2S.C2HF3O2/c1-14-5-3-4-6-18(14)24(22,23)20-13-16-7-9-17(10-8-16)21-12-11-19-15(21)2;3-2(4,5)1(6)7/h3-12,20H,13H2,1-2H3;(H,6,7). The minimum Gasteiger partial charge on any atom is -0.475 e. The molecular formula is C20H20F3N3O4S. The Hall–Kier alpha value is -3.18. The molecule has 1 heterocycles. The Labute approximate surface area is 177 Å². The maximum atomic E-state index is 12.4. The lowest BCUT2D eigenvalue weighted by molar-refractivity contribution is -0.192. The number of nitrogens with zero attached hydrogens (tertiary/aromatic N) is 2. The number of carboxylic acid groups (broad SMARTS) is 1. The molecule has 2 aromatic carbocycles. The van der Waals surface area contributed by atoms with Crippen LogP contribution < -0.4 is 4.72 Å². The van der Waals surface area contributed by atoms with Gasteiger partial charge in [0.2, 0.25) is 10.0 Å². The van der Waals surface area contributed by atoms with Crippen molar-refractivity contribution in [1.82, 2.24) is 14.3 Å². The Balaban J connectivity index is 0.000000423. The smallest absolute Gasteiger partial charge is 0.475 e. The second-order valence-electron chi connectivity index (χ2n) is 6.40. The molecule has 3 aromatic rings. The van der Waals surface area contributed by atoms with Gasteiger partial charge in [-0.15, -0.1) is 0 Å². The van der Waals surface area contributed by atoms with E-state index < -0.39 is 22.2 Å². The van der Waals surface area contributed by atoms with Crippen molar-refractivity contribution in [3.63, 3.8) is 0 Å². The van der Waals surface area contributed by atoms with Crippen molar-refractivity contribution in [2.75, 3.05) is 0 Å². The van der Waals surface area contributed by atoms with Crippen LogP contribution in [-0.4, -0.2) is 35.2 Å². The number of hydrogen-bond donors (Lipinski definition) is 2.